The highest BCUT2D eigenvalue weighted by molar-refractivity contribution is 8.34. The van der Waals surface area contributed by atoms with Gasteiger partial charge in [-0.15, -0.1) is 0 Å². The van der Waals surface area contributed by atoms with E-state index in [0.29, 0.717) is 5.69 Å². The maximum Gasteiger partial charge on any atom is 0.399 e. The fraction of sp³-hybridized carbons (Fsp3) is 0. The van der Waals surface area contributed by atoms with E-state index in [1.807, 2.05) is 0 Å². The van der Waals surface area contributed by atoms with Gasteiger partial charge in [-0.05, 0) is 12.1 Å². The zero-order valence-corrected chi connectivity index (χ0v) is 8.68. The van der Waals surface area contributed by atoms with E-state index in [4.69, 9.17) is 10.7 Å². The molecule has 0 saturated heterocycles. The molecule has 0 unspecified atom stereocenters. The van der Waals surface area contributed by atoms with Gasteiger partial charge in [0, 0.05) is 16.4 Å². The lowest BCUT2D eigenvalue weighted by Crippen LogP contribution is -2.21. The molecule has 0 aliphatic heterocycles. The standard InChI is InChI=1S/C7H7BClNO3S/c9-14(12,13)8-7(11)10-6-4-2-1-3-5-6/h1-5,8H,(H,10,11). The van der Waals surface area contributed by atoms with E-state index >= 15 is 0 Å². The zero-order valence-electron chi connectivity index (χ0n) is 7.10. The van der Waals surface area contributed by atoms with Gasteiger partial charge in [0.25, 0.3) is 0 Å². The second-order valence-corrected chi connectivity index (χ2v) is 5.37. The number of hydrogen-bond acceptors (Lipinski definition) is 3. The van der Waals surface area contributed by atoms with Gasteiger partial charge in [0.15, 0.2) is 14.7 Å². The van der Waals surface area contributed by atoms with Crippen molar-refractivity contribution in [3.8, 4) is 0 Å². The summed E-state index contributed by atoms with van der Waals surface area (Å²) < 4.78 is 21.1. The van der Waals surface area contributed by atoms with Crippen LogP contribution in [-0.2, 0) is 8.90 Å². The van der Waals surface area contributed by atoms with Crippen molar-refractivity contribution in [2.45, 2.75) is 0 Å². The normalized spacial score (nSPS) is 10.6. The third kappa shape index (κ3) is 4.29. The number of carbonyl (C=O) groups excluding carboxylic acids is 1. The molecule has 0 heterocycles. The van der Waals surface area contributed by atoms with E-state index < -0.39 is 21.3 Å². The van der Waals surface area contributed by atoms with Gasteiger partial charge in [-0.1, -0.05) is 18.2 Å². The Balaban J connectivity index is 2.59. The zero-order chi connectivity index (χ0) is 10.6. The Labute approximate surface area is 86.8 Å². The average molecular weight is 231 g/mol. The number of hydrogen-bond donors (Lipinski definition) is 1. The molecule has 0 atom stereocenters. The van der Waals surface area contributed by atoms with E-state index in [1.165, 1.54) is 0 Å². The van der Waals surface area contributed by atoms with Crippen molar-refractivity contribution in [3.05, 3.63) is 30.3 Å². The maximum atomic E-state index is 11.1. The van der Waals surface area contributed by atoms with Crippen LogP contribution in [0.1, 0.15) is 0 Å². The Morgan fingerprint density at radius 3 is 2.36 bits per heavy atom. The van der Waals surface area contributed by atoms with Crippen LogP contribution < -0.4 is 5.32 Å². The molecule has 0 bridgehead atoms. The summed E-state index contributed by atoms with van der Waals surface area (Å²) in [6.45, 7) is -0.719. The van der Waals surface area contributed by atoms with Gasteiger partial charge in [0.1, 0.15) is 0 Å². The highest BCUT2D eigenvalue weighted by atomic mass is 35.7. The van der Waals surface area contributed by atoms with Crippen molar-refractivity contribution in [2.75, 3.05) is 5.32 Å². The number of anilines is 1. The van der Waals surface area contributed by atoms with Crippen LogP contribution in [0.3, 0.4) is 0 Å². The number of benzene rings is 1. The highest BCUT2D eigenvalue weighted by Crippen LogP contribution is 2.05. The van der Waals surface area contributed by atoms with Crippen LogP contribution in [0.15, 0.2) is 30.3 Å². The lowest BCUT2D eigenvalue weighted by Gasteiger charge is -2.01. The summed E-state index contributed by atoms with van der Waals surface area (Å²) in [5.41, 5.74) is 0.540. The summed E-state index contributed by atoms with van der Waals surface area (Å²) >= 11 is 0. The summed E-state index contributed by atoms with van der Waals surface area (Å²) in [7, 11) is 1.12. The topological polar surface area (TPSA) is 63.2 Å². The molecule has 1 aromatic carbocycles. The van der Waals surface area contributed by atoms with E-state index in [2.05, 4.69) is 5.32 Å². The van der Waals surface area contributed by atoms with Crippen molar-refractivity contribution in [1.82, 2.24) is 0 Å². The number of rotatable bonds is 3. The van der Waals surface area contributed by atoms with Crippen LogP contribution in [0.4, 0.5) is 10.5 Å². The summed E-state index contributed by atoms with van der Waals surface area (Å²) in [6.07, 6.45) is 0. The van der Waals surface area contributed by atoms with Crippen molar-refractivity contribution in [1.29, 1.82) is 0 Å². The quantitative estimate of drug-likeness (QED) is 0.627. The van der Waals surface area contributed by atoms with E-state index in [1.54, 1.807) is 30.3 Å². The van der Waals surface area contributed by atoms with Crippen molar-refractivity contribution in [3.63, 3.8) is 0 Å². The fourth-order valence-corrected chi connectivity index (χ4v) is 1.56. The number of amides is 1. The Bertz CT molecular complexity index is 420. The van der Waals surface area contributed by atoms with E-state index in [9.17, 15) is 13.2 Å². The van der Waals surface area contributed by atoms with Gasteiger partial charge in [-0.3, -0.25) is 4.79 Å². The molecule has 0 fully saturated rings. The number of para-hydroxylation sites is 1. The first-order valence-electron chi connectivity index (χ1n) is 3.74. The molecule has 0 radical (unpaired) electrons. The van der Waals surface area contributed by atoms with Gasteiger partial charge < -0.3 is 5.32 Å². The van der Waals surface area contributed by atoms with Crippen LogP contribution >= 0.6 is 10.7 Å². The molecule has 0 aliphatic rings. The van der Waals surface area contributed by atoms with Gasteiger partial charge in [0.2, 0.25) is 0 Å². The summed E-state index contributed by atoms with van der Waals surface area (Å²) in [5.74, 6) is -0.647. The molecule has 7 heteroatoms. The summed E-state index contributed by atoms with van der Waals surface area (Å²) in [5, 5.41) is 2.40. The smallest absolute Gasteiger partial charge is 0.334 e. The molecule has 0 aliphatic carbocycles. The number of halogens is 1. The minimum absolute atomic E-state index is 0.540. The van der Waals surface area contributed by atoms with E-state index in [0.717, 1.165) is 0 Å². The van der Waals surface area contributed by atoms with Crippen molar-refractivity contribution < 1.29 is 13.2 Å². The molecule has 1 amide bonds. The molecular formula is C7H7BClNO3S. The molecule has 1 rings (SSSR count). The number of nitrogens with one attached hydrogen (secondary N) is 1. The highest BCUT2D eigenvalue weighted by Gasteiger charge is 2.16. The molecule has 0 aromatic heterocycles. The molecule has 4 nitrogen and oxygen atoms in total. The average Bonchev–Trinajstić information content (AvgIpc) is 2.02. The van der Waals surface area contributed by atoms with Crippen LogP contribution in [0, 0.1) is 0 Å². The minimum Gasteiger partial charge on any atom is -0.334 e. The predicted molar refractivity (Wildman–Crippen MR) is 57.4 cm³/mol. The third-order valence-corrected chi connectivity index (χ3v) is 2.30. The Kier molecular flexibility index (Phi) is 3.54. The lowest BCUT2D eigenvalue weighted by molar-refractivity contribution is 0.268. The van der Waals surface area contributed by atoms with Crippen molar-refractivity contribution in [2.24, 2.45) is 0 Å². The molecule has 1 N–H and O–H groups in total. The first-order valence-corrected chi connectivity index (χ1v) is 6.22. The Morgan fingerprint density at radius 2 is 1.86 bits per heavy atom. The molecular weight excluding hydrogens is 224 g/mol. The number of carbonyl (C=O) groups is 1. The fourth-order valence-electron chi connectivity index (χ4n) is 0.875. The van der Waals surface area contributed by atoms with E-state index in [-0.39, 0.29) is 0 Å². The van der Waals surface area contributed by atoms with Gasteiger partial charge >= 0.3 is 6.56 Å². The van der Waals surface area contributed by atoms with Crippen LogP contribution in [0.2, 0.25) is 0 Å². The Morgan fingerprint density at radius 1 is 1.29 bits per heavy atom. The SMILES string of the molecule is O=C(BS(=O)(=O)Cl)Nc1ccccc1. The maximum absolute atomic E-state index is 11.1. The van der Waals surface area contributed by atoms with Crippen LogP contribution in [-0.4, -0.2) is 20.8 Å². The molecule has 1 aromatic rings. The summed E-state index contributed by atoms with van der Waals surface area (Å²) in [4.78, 5) is 11.1. The second kappa shape index (κ2) is 4.48. The largest absolute Gasteiger partial charge is 0.399 e. The van der Waals surface area contributed by atoms with Crippen LogP contribution in [0.5, 0.6) is 0 Å². The molecule has 14 heavy (non-hydrogen) atoms. The lowest BCUT2D eigenvalue weighted by atomic mass is 10.1. The predicted octanol–water partition coefficient (Wildman–Crippen LogP) is 1.14. The monoisotopic (exact) mass is 231 g/mol. The Hall–Kier alpha value is -1.01. The molecule has 74 valence electrons. The third-order valence-electron chi connectivity index (χ3n) is 1.36. The molecule has 0 saturated carbocycles. The van der Waals surface area contributed by atoms with Gasteiger partial charge in [0.05, 0.1) is 0 Å². The second-order valence-electron chi connectivity index (χ2n) is 2.60. The minimum atomic E-state index is -3.78. The summed E-state index contributed by atoms with van der Waals surface area (Å²) in [6, 6.07) is 8.54. The van der Waals surface area contributed by atoms with Gasteiger partial charge in [-0.2, -0.15) is 0 Å². The van der Waals surface area contributed by atoms with Crippen molar-refractivity contribution >= 4 is 37.6 Å². The van der Waals surface area contributed by atoms with Crippen LogP contribution in [0.25, 0.3) is 0 Å². The van der Waals surface area contributed by atoms with Gasteiger partial charge in [-0.25, -0.2) is 8.42 Å². The molecule has 0 spiro atoms. The first kappa shape index (κ1) is 11.1. The first-order chi connectivity index (χ1) is 6.47.